The molecule has 0 radical (unpaired) electrons. The van der Waals surface area contributed by atoms with Gasteiger partial charge in [0.25, 0.3) is 0 Å². The van der Waals surface area contributed by atoms with Crippen LogP contribution < -0.4 is 10.6 Å². The van der Waals surface area contributed by atoms with Gasteiger partial charge in [-0.25, -0.2) is 4.98 Å². The van der Waals surface area contributed by atoms with Gasteiger partial charge in [-0.2, -0.15) is 5.26 Å². The highest BCUT2D eigenvalue weighted by atomic mass is 32.1. The summed E-state index contributed by atoms with van der Waals surface area (Å²) in [6, 6.07) is 9.14. The molecule has 0 saturated heterocycles. The lowest BCUT2D eigenvalue weighted by Crippen LogP contribution is -2.33. The van der Waals surface area contributed by atoms with Crippen molar-refractivity contribution in [1.29, 1.82) is 5.26 Å². The van der Waals surface area contributed by atoms with Crippen LogP contribution in [0.15, 0.2) is 46.3 Å². The van der Waals surface area contributed by atoms with Crippen molar-refractivity contribution in [1.82, 2.24) is 10.3 Å². The van der Waals surface area contributed by atoms with Crippen LogP contribution in [0.4, 0.5) is 5.13 Å². The molecule has 0 fully saturated rings. The normalized spacial score (nSPS) is 11.2. The number of nitrogens with one attached hydrogen (secondary N) is 2. The van der Waals surface area contributed by atoms with Crippen molar-refractivity contribution < 1.29 is 9.59 Å². The lowest BCUT2D eigenvalue weighted by Gasteiger charge is -2.04. The molecule has 26 heavy (non-hydrogen) atoms. The number of aliphatic imine (C=N–C) groups is 1. The number of nitriles is 1. The predicted molar refractivity (Wildman–Crippen MR) is 102 cm³/mol. The van der Waals surface area contributed by atoms with Crippen molar-refractivity contribution in [3.63, 3.8) is 0 Å². The fraction of sp³-hybridized carbons (Fsp3) is 0.167. The Labute approximate surface area is 155 Å². The number of hydrogen-bond acceptors (Lipinski definition) is 6. The van der Waals surface area contributed by atoms with Crippen LogP contribution in [0.25, 0.3) is 11.3 Å². The molecule has 0 atom stereocenters. The monoisotopic (exact) mass is 367 g/mol. The highest BCUT2D eigenvalue weighted by molar-refractivity contribution is 7.14. The molecule has 2 aromatic rings. The summed E-state index contributed by atoms with van der Waals surface area (Å²) in [7, 11) is 1.61. The second kappa shape index (κ2) is 9.25. The zero-order valence-corrected chi connectivity index (χ0v) is 15.1. The van der Waals surface area contributed by atoms with Crippen LogP contribution in [-0.4, -0.2) is 36.6 Å². The van der Waals surface area contributed by atoms with Gasteiger partial charge in [0.15, 0.2) is 5.13 Å². The molecule has 1 aromatic heterocycles. The van der Waals surface area contributed by atoms with Crippen LogP contribution in [0.2, 0.25) is 0 Å². The van der Waals surface area contributed by atoms with Gasteiger partial charge in [-0.05, 0) is 25.1 Å². The topological polar surface area (TPSA) is 107 Å². The number of nitrogens with zero attached hydrogens (tertiary/aromatic N) is 3. The smallest absolute Gasteiger partial charge is 0.247 e. The average molecular weight is 367 g/mol. The number of benzene rings is 1. The maximum atomic E-state index is 12.0. The molecular weight excluding hydrogens is 350 g/mol. The summed E-state index contributed by atoms with van der Waals surface area (Å²) in [5, 5.41) is 16.3. The van der Waals surface area contributed by atoms with E-state index in [1.165, 1.54) is 17.6 Å². The molecule has 1 heterocycles. The Bertz CT molecular complexity index is 908. The van der Waals surface area contributed by atoms with E-state index in [0.717, 1.165) is 5.56 Å². The van der Waals surface area contributed by atoms with E-state index in [2.05, 4.69) is 26.7 Å². The Kier molecular flexibility index (Phi) is 6.76. The van der Waals surface area contributed by atoms with Gasteiger partial charge in [-0.15, -0.1) is 11.3 Å². The molecule has 0 bridgehead atoms. The fourth-order valence-corrected chi connectivity index (χ4v) is 2.67. The van der Waals surface area contributed by atoms with Crippen molar-refractivity contribution in [2.24, 2.45) is 4.99 Å². The van der Waals surface area contributed by atoms with E-state index in [1.807, 2.05) is 6.07 Å². The number of thiazole rings is 1. The highest BCUT2D eigenvalue weighted by Crippen LogP contribution is 2.25. The summed E-state index contributed by atoms with van der Waals surface area (Å²) in [5.41, 5.74) is 2.47. The maximum absolute atomic E-state index is 12.0. The number of amides is 2. The SMILES string of the molecule is CN=C/C=C(\C)C(=O)NCC(=O)Nc1nc(-c2cccc(C#N)c2)cs1. The van der Waals surface area contributed by atoms with Gasteiger partial charge in [0.2, 0.25) is 11.8 Å². The third-order valence-corrected chi connectivity index (χ3v) is 4.04. The minimum atomic E-state index is -0.373. The largest absolute Gasteiger partial charge is 0.343 e. The third-order valence-electron chi connectivity index (χ3n) is 3.28. The number of hydrogen-bond donors (Lipinski definition) is 2. The zero-order chi connectivity index (χ0) is 18.9. The first-order valence-electron chi connectivity index (χ1n) is 7.66. The third kappa shape index (κ3) is 5.36. The van der Waals surface area contributed by atoms with Crippen LogP contribution in [-0.2, 0) is 9.59 Å². The number of rotatable bonds is 6. The van der Waals surface area contributed by atoms with Gasteiger partial charge in [0, 0.05) is 29.8 Å². The Morgan fingerprint density at radius 3 is 2.96 bits per heavy atom. The van der Waals surface area contributed by atoms with Crippen molar-refractivity contribution >= 4 is 34.5 Å². The predicted octanol–water partition coefficient (Wildman–Crippen LogP) is 2.38. The number of carbonyl (C=O) groups is 2. The van der Waals surface area contributed by atoms with E-state index in [4.69, 9.17) is 5.26 Å². The lowest BCUT2D eigenvalue weighted by atomic mass is 10.1. The molecule has 1 aromatic carbocycles. The van der Waals surface area contributed by atoms with E-state index < -0.39 is 0 Å². The summed E-state index contributed by atoms with van der Waals surface area (Å²) in [5.74, 6) is -0.713. The van der Waals surface area contributed by atoms with E-state index in [-0.39, 0.29) is 18.4 Å². The van der Waals surface area contributed by atoms with Gasteiger partial charge in [-0.3, -0.25) is 14.6 Å². The minimum Gasteiger partial charge on any atom is -0.343 e. The Morgan fingerprint density at radius 1 is 1.42 bits per heavy atom. The van der Waals surface area contributed by atoms with Crippen LogP contribution in [0.3, 0.4) is 0 Å². The van der Waals surface area contributed by atoms with Crippen molar-refractivity contribution in [2.45, 2.75) is 6.92 Å². The molecule has 0 aliphatic rings. The standard InChI is InChI=1S/C18H17N5O2S/c1-12(6-7-20-2)17(25)21-10-16(24)23-18-22-15(11-26-18)14-5-3-4-13(8-14)9-19/h3-8,11H,10H2,1-2H3,(H,21,25)(H,22,23,24)/b12-6+,20-7?. The number of carbonyl (C=O) groups excluding carboxylic acids is 2. The van der Waals surface area contributed by atoms with E-state index >= 15 is 0 Å². The summed E-state index contributed by atoms with van der Waals surface area (Å²) >= 11 is 1.27. The molecule has 2 amide bonds. The zero-order valence-electron chi connectivity index (χ0n) is 14.3. The number of anilines is 1. The maximum Gasteiger partial charge on any atom is 0.247 e. The molecule has 7 nitrogen and oxygen atoms in total. The molecular formula is C18H17N5O2S. The van der Waals surface area contributed by atoms with Crippen LogP contribution in [0.5, 0.6) is 0 Å². The molecule has 2 N–H and O–H groups in total. The molecule has 8 heteroatoms. The molecule has 0 aliphatic heterocycles. The first-order chi connectivity index (χ1) is 12.5. The summed E-state index contributed by atoms with van der Waals surface area (Å²) in [6.45, 7) is 1.48. The second-order valence-corrected chi connectivity index (χ2v) is 6.08. The summed E-state index contributed by atoms with van der Waals surface area (Å²) < 4.78 is 0. The van der Waals surface area contributed by atoms with E-state index in [9.17, 15) is 9.59 Å². The molecule has 0 unspecified atom stereocenters. The number of allylic oxidation sites excluding steroid dienone is 1. The van der Waals surface area contributed by atoms with Gasteiger partial charge >= 0.3 is 0 Å². The van der Waals surface area contributed by atoms with Crippen molar-refractivity contribution in [2.75, 3.05) is 18.9 Å². The van der Waals surface area contributed by atoms with Crippen molar-refractivity contribution in [3.05, 3.63) is 46.9 Å². The van der Waals surface area contributed by atoms with Gasteiger partial charge in [0.1, 0.15) is 0 Å². The van der Waals surface area contributed by atoms with Crippen LogP contribution in [0, 0.1) is 11.3 Å². The van der Waals surface area contributed by atoms with E-state index in [1.54, 1.807) is 43.6 Å². The average Bonchev–Trinajstić information content (AvgIpc) is 3.12. The molecule has 0 aliphatic carbocycles. The number of aromatic nitrogens is 1. The molecule has 0 saturated carbocycles. The molecule has 0 spiro atoms. The van der Waals surface area contributed by atoms with Gasteiger partial charge in [0.05, 0.1) is 23.9 Å². The Balaban J connectivity index is 1.93. The summed E-state index contributed by atoms with van der Waals surface area (Å²) in [6.07, 6.45) is 3.07. The summed E-state index contributed by atoms with van der Waals surface area (Å²) in [4.78, 5) is 31.8. The lowest BCUT2D eigenvalue weighted by molar-refractivity contribution is -0.121. The van der Waals surface area contributed by atoms with E-state index in [0.29, 0.717) is 22.0 Å². The van der Waals surface area contributed by atoms with Gasteiger partial charge < -0.3 is 10.6 Å². The Hall–Kier alpha value is -3.31. The minimum absolute atomic E-state index is 0.161. The van der Waals surface area contributed by atoms with Gasteiger partial charge in [-0.1, -0.05) is 12.1 Å². The highest BCUT2D eigenvalue weighted by Gasteiger charge is 2.10. The fourth-order valence-electron chi connectivity index (χ4n) is 1.94. The second-order valence-electron chi connectivity index (χ2n) is 5.22. The first-order valence-corrected chi connectivity index (χ1v) is 8.54. The molecule has 2 rings (SSSR count). The van der Waals surface area contributed by atoms with Crippen LogP contribution in [0.1, 0.15) is 12.5 Å². The quantitative estimate of drug-likeness (QED) is 0.604. The van der Waals surface area contributed by atoms with Crippen molar-refractivity contribution in [3.8, 4) is 17.3 Å². The van der Waals surface area contributed by atoms with Crippen LogP contribution >= 0.6 is 11.3 Å². The Morgan fingerprint density at radius 2 is 2.23 bits per heavy atom. The first kappa shape index (κ1) is 19.0. The molecule has 132 valence electrons.